The molecule has 0 heterocycles. The second-order valence-electron chi connectivity index (χ2n) is 5.41. The predicted molar refractivity (Wildman–Crippen MR) is 90.5 cm³/mol. The standard InChI is InChI=1S/C18H19N5/c1-23(14-15-8-4-2-5-9-15)18(12-19)17(13-21-22-20)16-10-6-3-7-11-16/h2-11,17-18H,13-14H2,1H3/t17-,18-/m0/s1. The van der Waals surface area contributed by atoms with Crippen molar-refractivity contribution in [1.82, 2.24) is 4.90 Å². The maximum absolute atomic E-state index is 9.68. The first-order chi connectivity index (χ1) is 11.3. The normalized spacial score (nSPS) is 12.9. The van der Waals surface area contributed by atoms with E-state index in [1.165, 1.54) is 0 Å². The second-order valence-corrected chi connectivity index (χ2v) is 5.41. The topological polar surface area (TPSA) is 75.8 Å². The fourth-order valence-corrected chi connectivity index (χ4v) is 2.68. The molecule has 0 spiro atoms. The fraction of sp³-hybridized carbons (Fsp3) is 0.278. The Bertz CT molecular complexity index is 686. The molecule has 0 radical (unpaired) electrons. The minimum absolute atomic E-state index is 0.161. The number of nitrogens with zero attached hydrogens (tertiary/aromatic N) is 5. The van der Waals surface area contributed by atoms with Crippen LogP contribution in [0.4, 0.5) is 0 Å². The lowest BCUT2D eigenvalue weighted by Gasteiger charge is -2.29. The Morgan fingerprint density at radius 2 is 1.74 bits per heavy atom. The van der Waals surface area contributed by atoms with Gasteiger partial charge in [0.05, 0.1) is 6.07 Å². The van der Waals surface area contributed by atoms with Crippen molar-refractivity contribution < 1.29 is 0 Å². The lowest BCUT2D eigenvalue weighted by atomic mass is 9.91. The van der Waals surface area contributed by atoms with E-state index in [4.69, 9.17) is 5.53 Å². The number of hydrogen-bond acceptors (Lipinski definition) is 3. The van der Waals surface area contributed by atoms with Crippen LogP contribution in [0.25, 0.3) is 10.4 Å². The summed E-state index contributed by atoms with van der Waals surface area (Å²) in [6, 6.07) is 21.8. The maximum atomic E-state index is 9.68. The number of rotatable bonds is 7. The average Bonchev–Trinajstić information content (AvgIpc) is 2.60. The molecule has 0 saturated heterocycles. The van der Waals surface area contributed by atoms with Gasteiger partial charge in [-0.25, -0.2) is 0 Å². The lowest BCUT2D eigenvalue weighted by molar-refractivity contribution is 0.249. The van der Waals surface area contributed by atoms with Crippen molar-refractivity contribution >= 4 is 0 Å². The highest BCUT2D eigenvalue weighted by Gasteiger charge is 2.26. The molecular weight excluding hydrogens is 286 g/mol. The summed E-state index contributed by atoms with van der Waals surface area (Å²) in [5.74, 6) is -0.161. The van der Waals surface area contributed by atoms with Crippen molar-refractivity contribution in [2.75, 3.05) is 13.6 Å². The van der Waals surface area contributed by atoms with Gasteiger partial charge in [0.25, 0.3) is 0 Å². The zero-order chi connectivity index (χ0) is 16.5. The van der Waals surface area contributed by atoms with Crippen LogP contribution in [0.3, 0.4) is 0 Å². The summed E-state index contributed by atoms with van der Waals surface area (Å²) in [7, 11) is 1.92. The van der Waals surface area contributed by atoms with E-state index < -0.39 is 0 Å². The van der Waals surface area contributed by atoms with Crippen LogP contribution in [0.2, 0.25) is 0 Å². The predicted octanol–water partition coefficient (Wildman–Crippen LogP) is 4.10. The highest BCUT2D eigenvalue weighted by Crippen LogP contribution is 2.24. The molecule has 0 N–H and O–H groups in total. The van der Waals surface area contributed by atoms with Gasteiger partial charge in [0, 0.05) is 23.9 Å². The van der Waals surface area contributed by atoms with Gasteiger partial charge in [0.2, 0.25) is 0 Å². The molecule has 116 valence electrons. The molecule has 0 aliphatic carbocycles. The van der Waals surface area contributed by atoms with Crippen LogP contribution in [0.15, 0.2) is 65.8 Å². The smallest absolute Gasteiger partial charge is 0.105 e. The molecule has 0 bridgehead atoms. The lowest BCUT2D eigenvalue weighted by Crippen LogP contribution is -2.36. The highest BCUT2D eigenvalue weighted by molar-refractivity contribution is 5.25. The van der Waals surface area contributed by atoms with E-state index in [9.17, 15) is 5.26 Å². The number of nitriles is 1. The van der Waals surface area contributed by atoms with Gasteiger partial charge in [-0.3, -0.25) is 4.90 Å². The fourth-order valence-electron chi connectivity index (χ4n) is 2.68. The average molecular weight is 305 g/mol. The largest absolute Gasteiger partial charge is 0.286 e. The number of azide groups is 1. The van der Waals surface area contributed by atoms with Crippen LogP contribution < -0.4 is 0 Å². The number of hydrogen-bond donors (Lipinski definition) is 0. The molecular formula is C18H19N5. The minimum atomic E-state index is -0.372. The van der Waals surface area contributed by atoms with Crippen LogP contribution in [-0.2, 0) is 6.54 Å². The molecule has 0 amide bonds. The summed E-state index contributed by atoms with van der Waals surface area (Å²) < 4.78 is 0. The quantitative estimate of drug-likeness (QED) is 0.438. The molecule has 2 atom stereocenters. The van der Waals surface area contributed by atoms with Gasteiger partial charge in [-0.05, 0) is 23.7 Å². The number of benzene rings is 2. The molecule has 5 nitrogen and oxygen atoms in total. The molecule has 0 aromatic heterocycles. The van der Waals surface area contributed by atoms with Crippen LogP contribution >= 0.6 is 0 Å². The van der Waals surface area contributed by atoms with Crippen molar-refractivity contribution in [2.24, 2.45) is 5.11 Å². The summed E-state index contributed by atoms with van der Waals surface area (Å²) in [5.41, 5.74) is 10.8. The van der Waals surface area contributed by atoms with Gasteiger partial charge in [-0.1, -0.05) is 65.8 Å². The minimum Gasteiger partial charge on any atom is -0.286 e. The van der Waals surface area contributed by atoms with Crippen LogP contribution in [-0.4, -0.2) is 24.5 Å². The van der Waals surface area contributed by atoms with E-state index >= 15 is 0 Å². The van der Waals surface area contributed by atoms with Gasteiger partial charge in [-0.15, -0.1) is 0 Å². The summed E-state index contributed by atoms with van der Waals surface area (Å²) in [6.45, 7) is 0.927. The summed E-state index contributed by atoms with van der Waals surface area (Å²) in [4.78, 5) is 4.86. The molecule has 0 aliphatic rings. The van der Waals surface area contributed by atoms with E-state index in [0.29, 0.717) is 6.54 Å². The molecule has 23 heavy (non-hydrogen) atoms. The first-order valence-electron chi connectivity index (χ1n) is 7.46. The Morgan fingerprint density at radius 3 is 2.30 bits per heavy atom. The van der Waals surface area contributed by atoms with Gasteiger partial charge >= 0.3 is 0 Å². The first kappa shape index (κ1) is 16.6. The molecule has 0 fully saturated rings. The van der Waals surface area contributed by atoms with E-state index in [2.05, 4.69) is 16.1 Å². The second kappa shape index (κ2) is 8.60. The summed E-state index contributed by atoms with van der Waals surface area (Å²) in [5, 5.41) is 13.4. The van der Waals surface area contributed by atoms with E-state index in [0.717, 1.165) is 11.1 Å². The van der Waals surface area contributed by atoms with Crippen LogP contribution in [0, 0.1) is 11.3 Å². The molecule has 0 aliphatic heterocycles. The van der Waals surface area contributed by atoms with Crippen molar-refractivity contribution in [3.63, 3.8) is 0 Å². The highest BCUT2D eigenvalue weighted by atomic mass is 15.2. The molecule has 0 saturated carbocycles. The first-order valence-corrected chi connectivity index (χ1v) is 7.46. The monoisotopic (exact) mass is 305 g/mol. The molecule has 2 rings (SSSR count). The Balaban J connectivity index is 2.23. The Hall–Kier alpha value is -2.80. The van der Waals surface area contributed by atoms with Crippen molar-refractivity contribution in [1.29, 1.82) is 5.26 Å². The summed E-state index contributed by atoms with van der Waals surface area (Å²) in [6.07, 6.45) is 0. The molecule has 5 heteroatoms. The Morgan fingerprint density at radius 1 is 1.13 bits per heavy atom. The molecule has 2 aromatic carbocycles. The SMILES string of the molecule is CN(Cc1ccccc1)[C@@H](C#N)[C@@H](CN=[N+]=[N-])c1ccccc1. The van der Waals surface area contributed by atoms with Gasteiger partial charge in [0.1, 0.15) is 6.04 Å². The maximum Gasteiger partial charge on any atom is 0.105 e. The van der Waals surface area contributed by atoms with E-state index in [1.54, 1.807) is 0 Å². The van der Waals surface area contributed by atoms with Crippen molar-refractivity contribution in [3.05, 3.63) is 82.2 Å². The van der Waals surface area contributed by atoms with E-state index in [1.807, 2.05) is 72.6 Å². The van der Waals surface area contributed by atoms with Gasteiger partial charge in [0.15, 0.2) is 0 Å². The summed E-state index contributed by atoms with van der Waals surface area (Å²) >= 11 is 0. The van der Waals surface area contributed by atoms with Gasteiger partial charge < -0.3 is 0 Å². The zero-order valence-corrected chi connectivity index (χ0v) is 13.1. The molecule has 0 unspecified atom stereocenters. The molecule has 2 aromatic rings. The zero-order valence-electron chi connectivity index (χ0n) is 13.1. The van der Waals surface area contributed by atoms with Crippen LogP contribution in [0.5, 0.6) is 0 Å². The third-order valence-corrected chi connectivity index (χ3v) is 3.83. The Labute approximate surface area is 136 Å². The van der Waals surface area contributed by atoms with Gasteiger partial charge in [-0.2, -0.15) is 5.26 Å². The third kappa shape index (κ3) is 4.58. The van der Waals surface area contributed by atoms with Crippen molar-refractivity contribution in [2.45, 2.75) is 18.5 Å². The van der Waals surface area contributed by atoms with Crippen LogP contribution in [0.1, 0.15) is 17.0 Å². The Kier molecular flexibility index (Phi) is 6.19. The third-order valence-electron chi connectivity index (χ3n) is 3.83. The van der Waals surface area contributed by atoms with E-state index in [-0.39, 0.29) is 18.5 Å². The van der Waals surface area contributed by atoms with Crippen molar-refractivity contribution in [3.8, 4) is 6.07 Å². The number of likely N-dealkylation sites (N-methyl/N-ethyl adjacent to an activating group) is 1.